The number of benzene rings is 2. The molecule has 0 atom stereocenters. The molecular formula is C19H11F4N5O. The first-order valence-electron chi connectivity index (χ1n) is 8.00. The number of halogens is 4. The van der Waals surface area contributed by atoms with Crippen LogP contribution >= 0.6 is 0 Å². The number of alkyl halides is 3. The van der Waals surface area contributed by atoms with Crippen LogP contribution in [0.1, 0.15) is 16.8 Å². The SMILES string of the molecule is N#Cc1nc(=O)n(-c2cccc(C(F)(F)F)c2)c(N)c1N=Cc1ccc(F)cc1. The summed E-state index contributed by atoms with van der Waals surface area (Å²) in [6.07, 6.45) is -3.37. The van der Waals surface area contributed by atoms with Crippen molar-refractivity contribution in [2.24, 2.45) is 4.99 Å². The van der Waals surface area contributed by atoms with Crippen LogP contribution in [0.4, 0.5) is 29.1 Å². The minimum absolute atomic E-state index is 0.183. The molecule has 1 aromatic heterocycles. The minimum Gasteiger partial charge on any atom is -0.383 e. The highest BCUT2D eigenvalue weighted by molar-refractivity contribution is 5.84. The third kappa shape index (κ3) is 4.14. The van der Waals surface area contributed by atoms with E-state index in [1.165, 1.54) is 36.5 Å². The van der Waals surface area contributed by atoms with Crippen molar-refractivity contribution in [2.75, 3.05) is 5.73 Å². The predicted molar refractivity (Wildman–Crippen MR) is 97.6 cm³/mol. The third-order valence-electron chi connectivity index (χ3n) is 3.86. The van der Waals surface area contributed by atoms with Crippen LogP contribution in [0.25, 0.3) is 5.69 Å². The number of aliphatic imine (C=N–C) groups is 1. The van der Waals surface area contributed by atoms with Gasteiger partial charge in [0.25, 0.3) is 0 Å². The molecule has 3 rings (SSSR count). The molecule has 0 spiro atoms. The van der Waals surface area contributed by atoms with Gasteiger partial charge in [-0.05, 0) is 35.9 Å². The van der Waals surface area contributed by atoms with Crippen molar-refractivity contribution in [1.29, 1.82) is 5.26 Å². The number of rotatable bonds is 3. The molecule has 146 valence electrons. The van der Waals surface area contributed by atoms with Gasteiger partial charge in [0.2, 0.25) is 0 Å². The van der Waals surface area contributed by atoms with Crippen LogP contribution in [0.3, 0.4) is 0 Å². The van der Waals surface area contributed by atoms with Crippen molar-refractivity contribution < 1.29 is 17.6 Å². The van der Waals surface area contributed by atoms with E-state index >= 15 is 0 Å². The molecule has 0 fully saturated rings. The van der Waals surface area contributed by atoms with Crippen molar-refractivity contribution in [3.05, 3.63) is 81.7 Å². The summed E-state index contributed by atoms with van der Waals surface area (Å²) < 4.78 is 52.7. The second-order valence-electron chi connectivity index (χ2n) is 5.78. The van der Waals surface area contributed by atoms with Gasteiger partial charge in [-0.1, -0.05) is 18.2 Å². The quantitative estimate of drug-likeness (QED) is 0.536. The molecule has 1 heterocycles. The molecule has 0 radical (unpaired) electrons. The molecule has 0 amide bonds. The molecule has 0 aliphatic carbocycles. The van der Waals surface area contributed by atoms with Crippen LogP contribution in [0.5, 0.6) is 0 Å². The molecule has 2 N–H and O–H groups in total. The van der Waals surface area contributed by atoms with E-state index in [0.29, 0.717) is 5.56 Å². The standard InChI is InChI=1S/C19H11F4N5O/c20-13-6-4-11(5-7-13)10-26-16-15(9-24)27-18(29)28(17(16)25)14-3-1-2-12(8-14)19(21,22)23/h1-8,10H,25H2. The van der Waals surface area contributed by atoms with Gasteiger partial charge in [0, 0.05) is 6.21 Å². The van der Waals surface area contributed by atoms with Crippen LogP contribution in [0.2, 0.25) is 0 Å². The lowest BCUT2D eigenvalue weighted by atomic mass is 10.2. The number of hydrogen-bond acceptors (Lipinski definition) is 5. The molecule has 2 aromatic carbocycles. The first-order valence-corrected chi connectivity index (χ1v) is 8.00. The van der Waals surface area contributed by atoms with Crippen LogP contribution in [-0.2, 0) is 6.18 Å². The zero-order chi connectivity index (χ0) is 21.2. The van der Waals surface area contributed by atoms with Gasteiger partial charge in [-0.15, -0.1) is 0 Å². The fraction of sp³-hybridized carbons (Fsp3) is 0.0526. The molecule has 29 heavy (non-hydrogen) atoms. The molecule has 3 aromatic rings. The molecule has 0 aliphatic rings. The summed E-state index contributed by atoms with van der Waals surface area (Å²) in [5.41, 5.74) is 3.63. The Bertz CT molecular complexity index is 1190. The molecule has 0 saturated heterocycles. The Hall–Kier alpha value is -4.00. The lowest BCUT2D eigenvalue weighted by molar-refractivity contribution is -0.137. The molecule has 0 saturated carbocycles. The second-order valence-corrected chi connectivity index (χ2v) is 5.78. The highest BCUT2D eigenvalue weighted by Crippen LogP contribution is 2.31. The molecule has 0 unspecified atom stereocenters. The molecule has 0 bridgehead atoms. The number of anilines is 1. The minimum atomic E-state index is -4.63. The zero-order valence-corrected chi connectivity index (χ0v) is 14.5. The first kappa shape index (κ1) is 19.8. The summed E-state index contributed by atoms with van der Waals surface area (Å²) in [5.74, 6) is -0.821. The van der Waals surface area contributed by atoms with Crippen LogP contribution < -0.4 is 11.4 Å². The predicted octanol–water partition coefficient (Wildman–Crippen LogP) is 3.59. The summed E-state index contributed by atoms with van der Waals surface area (Å²) >= 11 is 0. The Kier molecular flexibility index (Phi) is 5.14. The van der Waals surface area contributed by atoms with Crippen molar-refractivity contribution in [1.82, 2.24) is 9.55 Å². The average molecular weight is 401 g/mol. The smallest absolute Gasteiger partial charge is 0.383 e. The van der Waals surface area contributed by atoms with Gasteiger partial charge in [0.1, 0.15) is 23.4 Å². The lowest BCUT2D eigenvalue weighted by Crippen LogP contribution is -2.25. The summed E-state index contributed by atoms with van der Waals surface area (Å²) in [6.45, 7) is 0. The van der Waals surface area contributed by atoms with Gasteiger partial charge in [0.15, 0.2) is 5.69 Å². The maximum atomic E-state index is 13.0. The lowest BCUT2D eigenvalue weighted by Gasteiger charge is -2.13. The number of nitrogens with zero attached hydrogens (tertiary/aromatic N) is 4. The fourth-order valence-corrected chi connectivity index (χ4v) is 2.49. The monoisotopic (exact) mass is 401 g/mol. The first-order chi connectivity index (χ1) is 13.7. The number of hydrogen-bond donors (Lipinski definition) is 1. The van der Waals surface area contributed by atoms with Crippen molar-refractivity contribution in [2.45, 2.75) is 6.18 Å². The maximum absolute atomic E-state index is 13.0. The van der Waals surface area contributed by atoms with Crippen molar-refractivity contribution in [3.63, 3.8) is 0 Å². The van der Waals surface area contributed by atoms with Crippen molar-refractivity contribution in [3.8, 4) is 11.8 Å². The van der Waals surface area contributed by atoms with E-state index in [-0.39, 0.29) is 17.2 Å². The van der Waals surface area contributed by atoms with E-state index in [1.54, 1.807) is 6.07 Å². The zero-order valence-electron chi connectivity index (χ0n) is 14.5. The van der Waals surface area contributed by atoms with Gasteiger partial charge in [0.05, 0.1) is 11.3 Å². The summed E-state index contributed by atoms with van der Waals surface area (Å²) in [5, 5.41) is 9.22. The third-order valence-corrected chi connectivity index (χ3v) is 3.86. The van der Waals surface area contributed by atoms with Crippen molar-refractivity contribution >= 4 is 17.7 Å². The van der Waals surface area contributed by atoms with Gasteiger partial charge >= 0.3 is 11.9 Å². The topological polar surface area (TPSA) is 97.1 Å². The highest BCUT2D eigenvalue weighted by Gasteiger charge is 2.31. The maximum Gasteiger partial charge on any atom is 0.416 e. The summed E-state index contributed by atoms with van der Waals surface area (Å²) in [4.78, 5) is 19.9. The van der Waals surface area contributed by atoms with E-state index in [2.05, 4.69) is 9.98 Å². The second kappa shape index (κ2) is 7.55. The van der Waals surface area contributed by atoms with Crippen LogP contribution in [0, 0.1) is 17.1 Å². The number of nitrogen functional groups attached to an aromatic ring is 1. The van der Waals surface area contributed by atoms with Crippen LogP contribution in [-0.4, -0.2) is 15.8 Å². The van der Waals surface area contributed by atoms with Gasteiger partial charge < -0.3 is 5.73 Å². The molecular weight excluding hydrogens is 390 g/mol. The van der Waals surface area contributed by atoms with Crippen LogP contribution in [0.15, 0.2) is 58.3 Å². The largest absolute Gasteiger partial charge is 0.416 e. The fourth-order valence-electron chi connectivity index (χ4n) is 2.49. The van der Waals surface area contributed by atoms with Gasteiger partial charge in [-0.3, -0.25) is 0 Å². The molecule has 6 nitrogen and oxygen atoms in total. The van der Waals surface area contributed by atoms with E-state index in [1.807, 2.05) is 0 Å². The van der Waals surface area contributed by atoms with Gasteiger partial charge in [-0.2, -0.15) is 23.4 Å². The van der Waals surface area contributed by atoms with E-state index in [9.17, 15) is 27.6 Å². The summed E-state index contributed by atoms with van der Waals surface area (Å²) in [7, 11) is 0. The van der Waals surface area contributed by atoms with E-state index < -0.39 is 28.9 Å². The number of nitriles is 1. The average Bonchev–Trinajstić information content (AvgIpc) is 2.68. The summed E-state index contributed by atoms with van der Waals surface area (Å²) in [6, 6.07) is 10.8. The number of nitrogens with two attached hydrogens (primary N) is 1. The Morgan fingerprint density at radius 1 is 1.17 bits per heavy atom. The molecule has 0 aliphatic heterocycles. The molecule has 10 heteroatoms. The normalized spacial score (nSPS) is 11.6. The van der Waals surface area contributed by atoms with Gasteiger partial charge in [-0.25, -0.2) is 18.7 Å². The number of aromatic nitrogens is 2. The Morgan fingerprint density at radius 3 is 2.48 bits per heavy atom. The Balaban J connectivity index is 2.16. The van der Waals surface area contributed by atoms with E-state index in [4.69, 9.17) is 5.73 Å². The van der Waals surface area contributed by atoms with E-state index in [0.717, 1.165) is 22.8 Å². The Morgan fingerprint density at radius 2 is 1.86 bits per heavy atom. The highest BCUT2D eigenvalue weighted by atomic mass is 19.4. The Labute approximate surface area is 161 Å².